The van der Waals surface area contributed by atoms with Gasteiger partial charge in [0.2, 0.25) is 12.1 Å². The zero-order chi connectivity index (χ0) is 14.6. The summed E-state index contributed by atoms with van der Waals surface area (Å²) < 4.78 is 27.8. The molecule has 4 atom stereocenters. The van der Waals surface area contributed by atoms with Gasteiger partial charge in [-0.1, -0.05) is 0 Å². The molecule has 0 N–H and O–H groups in total. The van der Waals surface area contributed by atoms with Crippen LogP contribution in [0.3, 0.4) is 0 Å². The van der Waals surface area contributed by atoms with Gasteiger partial charge in [0.25, 0.3) is 0 Å². The molecule has 1 aliphatic carbocycles. The fraction of sp³-hybridized carbons (Fsp3) is 0.867. The van der Waals surface area contributed by atoms with Crippen LogP contribution in [-0.2, 0) is 23.7 Å². The molecule has 2 rings (SSSR count). The Balaban J connectivity index is 2.08. The fourth-order valence-electron chi connectivity index (χ4n) is 3.76. The summed E-state index contributed by atoms with van der Waals surface area (Å²) in [5, 5.41) is 0. The molecule has 0 aromatic carbocycles. The van der Waals surface area contributed by atoms with Gasteiger partial charge in [0, 0.05) is 27.2 Å². The van der Waals surface area contributed by atoms with Crippen molar-refractivity contribution >= 4 is 0 Å². The number of methoxy groups -OCH3 is 4. The minimum absolute atomic E-state index is 0.163. The number of fused-ring (bicyclic) bond motifs is 1. The van der Waals surface area contributed by atoms with Gasteiger partial charge < -0.3 is 23.7 Å². The Bertz CT molecular complexity index is 326. The van der Waals surface area contributed by atoms with Crippen LogP contribution in [0.4, 0.5) is 0 Å². The second-order valence-electron chi connectivity index (χ2n) is 5.42. The van der Waals surface area contributed by atoms with E-state index in [1.807, 2.05) is 0 Å². The normalized spacial score (nSPS) is 35.6. The predicted octanol–water partition coefficient (Wildman–Crippen LogP) is 2.31. The number of ether oxygens (including phenoxy) is 5. The van der Waals surface area contributed by atoms with Crippen LogP contribution in [-0.4, -0.2) is 46.6 Å². The molecule has 2 fully saturated rings. The maximum absolute atomic E-state index is 5.98. The van der Waals surface area contributed by atoms with E-state index in [0.717, 1.165) is 25.7 Å². The number of rotatable bonds is 7. The topological polar surface area (TPSA) is 46.2 Å². The van der Waals surface area contributed by atoms with Gasteiger partial charge in [-0.15, -0.1) is 0 Å². The van der Waals surface area contributed by atoms with Crippen LogP contribution in [0.2, 0.25) is 0 Å². The summed E-state index contributed by atoms with van der Waals surface area (Å²) in [6.45, 7) is 0. The van der Waals surface area contributed by atoms with Crippen LogP contribution >= 0.6 is 0 Å². The van der Waals surface area contributed by atoms with E-state index in [9.17, 15) is 0 Å². The summed E-state index contributed by atoms with van der Waals surface area (Å²) in [6, 6.07) is 0. The molecule has 2 aliphatic rings. The van der Waals surface area contributed by atoms with E-state index in [-0.39, 0.29) is 12.0 Å². The van der Waals surface area contributed by atoms with Crippen LogP contribution in [0, 0.1) is 11.8 Å². The second kappa shape index (κ2) is 6.89. The molecule has 1 heterocycles. The van der Waals surface area contributed by atoms with Gasteiger partial charge >= 0.3 is 0 Å². The van der Waals surface area contributed by atoms with Gasteiger partial charge in [-0.3, -0.25) is 0 Å². The van der Waals surface area contributed by atoms with Crippen molar-refractivity contribution in [3.8, 4) is 0 Å². The van der Waals surface area contributed by atoms with Crippen LogP contribution in [0.5, 0.6) is 0 Å². The minimum atomic E-state index is -0.786. The summed E-state index contributed by atoms with van der Waals surface area (Å²) in [4.78, 5) is 0. The van der Waals surface area contributed by atoms with E-state index >= 15 is 0 Å². The molecule has 0 bridgehead atoms. The molecule has 0 amide bonds. The van der Waals surface area contributed by atoms with Gasteiger partial charge in [-0.25, -0.2) is 0 Å². The minimum Gasteiger partial charge on any atom is -0.505 e. The van der Waals surface area contributed by atoms with Crippen LogP contribution in [0.15, 0.2) is 12.3 Å². The van der Waals surface area contributed by atoms with E-state index in [0.29, 0.717) is 5.92 Å². The summed E-state index contributed by atoms with van der Waals surface area (Å²) >= 11 is 0. The first-order chi connectivity index (χ1) is 9.73. The second-order valence-corrected chi connectivity index (χ2v) is 5.42. The van der Waals surface area contributed by atoms with Crippen LogP contribution in [0.25, 0.3) is 0 Å². The first-order valence-corrected chi connectivity index (χ1v) is 7.19. The highest BCUT2D eigenvalue weighted by atomic mass is 16.8. The molecule has 5 nitrogen and oxygen atoms in total. The molecule has 1 saturated carbocycles. The standard InChI is InChI=1S/C15H26O5/c1-16-10-6-5-7-11-8-9-12-13(11)15(18-3,19-4)14(17-2)20-12/h6,10-14H,5,7-9H2,1-4H3/t11-,12+,13-,14?/m1/s1. The van der Waals surface area contributed by atoms with Gasteiger partial charge in [0.05, 0.1) is 19.5 Å². The maximum atomic E-state index is 5.98. The van der Waals surface area contributed by atoms with Crippen LogP contribution in [0.1, 0.15) is 25.7 Å². The Morgan fingerprint density at radius 1 is 1.15 bits per heavy atom. The lowest BCUT2D eigenvalue weighted by Crippen LogP contribution is -2.50. The Hall–Kier alpha value is -0.620. The molecular formula is C15H26O5. The third-order valence-corrected chi connectivity index (χ3v) is 4.61. The highest BCUT2D eigenvalue weighted by Crippen LogP contribution is 2.52. The quantitative estimate of drug-likeness (QED) is 0.531. The number of hydrogen-bond acceptors (Lipinski definition) is 5. The highest BCUT2D eigenvalue weighted by Gasteiger charge is 2.62. The Morgan fingerprint density at radius 2 is 1.90 bits per heavy atom. The molecular weight excluding hydrogens is 260 g/mol. The molecule has 1 saturated heterocycles. The molecule has 0 spiro atoms. The van der Waals surface area contributed by atoms with E-state index in [1.54, 1.807) is 34.7 Å². The zero-order valence-electron chi connectivity index (χ0n) is 12.8. The SMILES string of the molecule is COC=CCC[C@@H]1CC[C@@H]2OC(OC)C(OC)(OC)[C@H]12. The van der Waals surface area contributed by atoms with E-state index < -0.39 is 12.1 Å². The Morgan fingerprint density at radius 3 is 2.50 bits per heavy atom. The Labute approximate surface area is 121 Å². The van der Waals surface area contributed by atoms with Crippen molar-refractivity contribution < 1.29 is 23.7 Å². The molecule has 1 unspecified atom stereocenters. The summed E-state index contributed by atoms with van der Waals surface area (Å²) in [5.41, 5.74) is 0. The van der Waals surface area contributed by atoms with Crippen molar-refractivity contribution in [3.05, 3.63) is 12.3 Å². The molecule has 0 radical (unpaired) electrons. The van der Waals surface area contributed by atoms with Gasteiger partial charge in [0.1, 0.15) is 0 Å². The molecule has 1 aliphatic heterocycles. The van der Waals surface area contributed by atoms with Crippen molar-refractivity contribution in [2.24, 2.45) is 11.8 Å². The number of allylic oxidation sites excluding steroid dienone is 1. The van der Waals surface area contributed by atoms with E-state index in [4.69, 9.17) is 23.7 Å². The van der Waals surface area contributed by atoms with Gasteiger partial charge in [0.15, 0.2) is 0 Å². The average Bonchev–Trinajstić information content (AvgIpc) is 3.01. The van der Waals surface area contributed by atoms with Crippen molar-refractivity contribution in [3.63, 3.8) is 0 Å². The Kier molecular flexibility index (Phi) is 5.43. The molecule has 5 heteroatoms. The molecule has 20 heavy (non-hydrogen) atoms. The largest absolute Gasteiger partial charge is 0.505 e. The average molecular weight is 286 g/mol. The third-order valence-electron chi connectivity index (χ3n) is 4.61. The summed E-state index contributed by atoms with van der Waals surface area (Å²) in [6.07, 6.45) is 7.74. The van der Waals surface area contributed by atoms with Crippen molar-refractivity contribution in [1.82, 2.24) is 0 Å². The smallest absolute Gasteiger partial charge is 0.225 e. The van der Waals surface area contributed by atoms with Crippen LogP contribution < -0.4 is 0 Å². The first kappa shape index (κ1) is 15.8. The maximum Gasteiger partial charge on any atom is 0.225 e. The van der Waals surface area contributed by atoms with Gasteiger partial charge in [-0.05, 0) is 37.7 Å². The monoisotopic (exact) mass is 286 g/mol. The zero-order valence-corrected chi connectivity index (χ0v) is 12.8. The number of hydrogen-bond donors (Lipinski definition) is 0. The van der Waals surface area contributed by atoms with Crippen molar-refractivity contribution in [2.75, 3.05) is 28.4 Å². The van der Waals surface area contributed by atoms with E-state index in [2.05, 4.69) is 6.08 Å². The molecule has 0 aromatic heterocycles. The van der Waals surface area contributed by atoms with Gasteiger partial charge in [-0.2, -0.15) is 0 Å². The lowest BCUT2D eigenvalue weighted by atomic mass is 9.85. The third kappa shape index (κ3) is 2.60. The highest BCUT2D eigenvalue weighted by molar-refractivity contribution is 5.02. The summed E-state index contributed by atoms with van der Waals surface area (Å²) in [7, 11) is 6.63. The van der Waals surface area contributed by atoms with Crippen molar-refractivity contribution in [1.29, 1.82) is 0 Å². The fourth-order valence-corrected chi connectivity index (χ4v) is 3.76. The molecule has 0 aromatic rings. The lowest BCUT2D eigenvalue weighted by Gasteiger charge is -2.36. The first-order valence-electron chi connectivity index (χ1n) is 7.19. The predicted molar refractivity (Wildman–Crippen MR) is 74.0 cm³/mol. The summed E-state index contributed by atoms with van der Waals surface area (Å²) in [5.74, 6) is -0.0501. The van der Waals surface area contributed by atoms with E-state index in [1.165, 1.54) is 0 Å². The molecule has 116 valence electrons. The van der Waals surface area contributed by atoms with Crippen molar-refractivity contribution in [2.45, 2.75) is 43.9 Å². The lowest BCUT2D eigenvalue weighted by molar-refractivity contribution is -0.311.